The number of rotatable bonds is 8. The summed E-state index contributed by atoms with van der Waals surface area (Å²) in [5, 5.41) is 2.98. The molecule has 1 saturated heterocycles. The lowest BCUT2D eigenvalue weighted by Gasteiger charge is -2.24. The van der Waals surface area contributed by atoms with Crippen molar-refractivity contribution in [2.45, 2.75) is 45.1 Å². The van der Waals surface area contributed by atoms with Crippen molar-refractivity contribution < 1.29 is 13.6 Å². The van der Waals surface area contributed by atoms with E-state index in [2.05, 4.69) is 41.4 Å². The fourth-order valence-electron chi connectivity index (χ4n) is 4.49. The van der Waals surface area contributed by atoms with Crippen molar-refractivity contribution in [1.82, 2.24) is 10.2 Å². The van der Waals surface area contributed by atoms with Gasteiger partial charge in [0.15, 0.2) is 0 Å². The minimum Gasteiger partial charge on any atom is -0.352 e. The van der Waals surface area contributed by atoms with Gasteiger partial charge in [0.1, 0.15) is 0 Å². The van der Waals surface area contributed by atoms with Crippen molar-refractivity contribution in [1.29, 1.82) is 0 Å². The van der Waals surface area contributed by atoms with Crippen molar-refractivity contribution in [3.05, 3.63) is 95.1 Å². The zero-order chi connectivity index (χ0) is 24.1. The van der Waals surface area contributed by atoms with Gasteiger partial charge in [-0.05, 0) is 73.7 Å². The highest BCUT2D eigenvalue weighted by molar-refractivity contribution is 5.94. The van der Waals surface area contributed by atoms with E-state index in [-0.39, 0.29) is 11.5 Å². The average Bonchev–Trinajstić information content (AvgIpc) is 3.39. The number of amides is 1. The minimum absolute atomic E-state index is 0.0111. The largest absolute Gasteiger partial charge is 0.352 e. The first-order chi connectivity index (χ1) is 16.3. The Bertz CT molecular complexity index is 1080. The van der Waals surface area contributed by atoms with Crippen LogP contribution in [0.5, 0.6) is 0 Å². The Labute approximate surface area is 200 Å². The van der Waals surface area contributed by atoms with Gasteiger partial charge < -0.3 is 5.32 Å². The van der Waals surface area contributed by atoms with Gasteiger partial charge in [0, 0.05) is 30.6 Å². The lowest BCUT2D eigenvalue weighted by atomic mass is 10.0. The lowest BCUT2D eigenvalue weighted by Crippen LogP contribution is -2.25. The van der Waals surface area contributed by atoms with Crippen LogP contribution in [0.25, 0.3) is 11.1 Å². The molecule has 5 heteroatoms. The summed E-state index contributed by atoms with van der Waals surface area (Å²) in [6, 6.07) is 22.6. The van der Waals surface area contributed by atoms with Crippen molar-refractivity contribution >= 4 is 5.91 Å². The number of alkyl halides is 2. The summed E-state index contributed by atoms with van der Waals surface area (Å²) in [4.78, 5) is 15.1. The van der Waals surface area contributed by atoms with Gasteiger partial charge in [-0.15, -0.1) is 0 Å². The number of halogens is 2. The highest BCUT2D eigenvalue weighted by atomic mass is 19.3. The van der Waals surface area contributed by atoms with Gasteiger partial charge in [-0.25, -0.2) is 8.78 Å². The molecule has 0 spiro atoms. The molecule has 0 aliphatic carbocycles. The Morgan fingerprint density at radius 1 is 0.912 bits per heavy atom. The number of hydrogen-bond acceptors (Lipinski definition) is 2. The van der Waals surface area contributed by atoms with Gasteiger partial charge in [0.05, 0.1) is 0 Å². The molecule has 0 bridgehead atoms. The van der Waals surface area contributed by atoms with Gasteiger partial charge >= 0.3 is 0 Å². The predicted octanol–water partition coefficient (Wildman–Crippen LogP) is 6.59. The SMILES string of the molecule is CC(c1ccc(CCNC(=O)c2ccc(-c3ccc(C(C)(F)F)cc3)cc2)cc1)N1CCCC1. The standard InChI is InChI=1S/C29H32F2N2O/c1-21(33-19-3-4-20-33)23-7-5-22(6-8-23)17-18-32-28(34)26-11-9-24(10-12-26)25-13-15-27(16-14-25)29(2,30)31/h5-16,21H,3-4,17-20H2,1-2H3,(H,32,34). The quantitative estimate of drug-likeness (QED) is 0.409. The summed E-state index contributed by atoms with van der Waals surface area (Å²) >= 11 is 0. The van der Waals surface area contributed by atoms with Crippen LogP contribution in [0.15, 0.2) is 72.8 Å². The molecule has 1 unspecified atom stereocenters. The van der Waals surface area contributed by atoms with Crippen LogP contribution in [-0.2, 0) is 12.3 Å². The Kier molecular flexibility index (Phi) is 7.42. The number of likely N-dealkylation sites (tertiary alicyclic amines) is 1. The maximum atomic E-state index is 13.4. The molecule has 34 heavy (non-hydrogen) atoms. The molecule has 1 N–H and O–H groups in total. The number of carbonyl (C=O) groups is 1. The van der Waals surface area contributed by atoms with Crippen LogP contribution in [0.1, 0.15) is 59.8 Å². The molecular weight excluding hydrogens is 430 g/mol. The van der Waals surface area contributed by atoms with Crippen LogP contribution in [0.4, 0.5) is 8.78 Å². The van der Waals surface area contributed by atoms with Gasteiger partial charge in [-0.2, -0.15) is 0 Å². The highest BCUT2D eigenvalue weighted by Crippen LogP contribution is 2.29. The molecule has 1 heterocycles. The second kappa shape index (κ2) is 10.5. The first kappa shape index (κ1) is 24.1. The summed E-state index contributed by atoms with van der Waals surface area (Å²) in [5.74, 6) is -2.97. The second-order valence-corrected chi connectivity index (χ2v) is 9.21. The molecule has 3 nitrogen and oxygen atoms in total. The summed E-state index contributed by atoms with van der Waals surface area (Å²) in [6.45, 7) is 6.08. The molecule has 178 valence electrons. The van der Waals surface area contributed by atoms with E-state index in [4.69, 9.17) is 0 Å². The van der Waals surface area contributed by atoms with Crippen LogP contribution < -0.4 is 5.32 Å². The molecule has 0 radical (unpaired) electrons. The number of carbonyl (C=O) groups excluding carboxylic acids is 1. The topological polar surface area (TPSA) is 32.3 Å². The fraction of sp³-hybridized carbons (Fsp3) is 0.345. The van der Waals surface area contributed by atoms with Crippen molar-refractivity contribution in [2.24, 2.45) is 0 Å². The summed E-state index contributed by atoms with van der Waals surface area (Å²) in [7, 11) is 0. The molecule has 1 atom stereocenters. The van der Waals surface area contributed by atoms with E-state index in [0.717, 1.165) is 24.5 Å². The third-order valence-electron chi connectivity index (χ3n) is 6.72. The average molecular weight is 463 g/mol. The molecular formula is C29H32F2N2O. The van der Waals surface area contributed by atoms with Gasteiger partial charge in [-0.3, -0.25) is 9.69 Å². The van der Waals surface area contributed by atoms with Crippen LogP contribution in [0.3, 0.4) is 0 Å². The predicted molar refractivity (Wildman–Crippen MR) is 133 cm³/mol. The first-order valence-corrected chi connectivity index (χ1v) is 12.0. The van der Waals surface area contributed by atoms with Crippen LogP contribution in [-0.4, -0.2) is 30.4 Å². The first-order valence-electron chi connectivity index (χ1n) is 12.0. The Morgan fingerprint density at radius 2 is 1.47 bits per heavy atom. The second-order valence-electron chi connectivity index (χ2n) is 9.21. The number of nitrogens with zero attached hydrogens (tertiary/aromatic N) is 1. The zero-order valence-electron chi connectivity index (χ0n) is 19.9. The summed E-state index contributed by atoms with van der Waals surface area (Å²) < 4.78 is 26.8. The molecule has 1 amide bonds. The third kappa shape index (κ3) is 5.89. The van der Waals surface area contributed by atoms with Crippen LogP contribution >= 0.6 is 0 Å². The highest BCUT2D eigenvalue weighted by Gasteiger charge is 2.23. The fourth-order valence-corrected chi connectivity index (χ4v) is 4.49. The molecule has 1 aliphatic rings. The Hall–Kier alpha value is -3.05. The molecule has 0 aromatic heterocycles. The van der Waals surface area contributed by atoms with Crippen LogP contribution in [0, 0.1) is 0 Å². The van der Waals surface area contributed by atoms with E-state index in [1.165, 1.54) is 49.2 Å². The molecule has 0 saturated carbocycles. The van der Waals surface area contributed by atoms with E-state index >= 15 is 0 Å². The van der Waals surface area contributed by atoms with Crippen molar-refractivity contribution in [3.63, 3.8) is 0 Å². The van der Waals surface area contributed by atoms with E-state index in [0.29, 0.717) is 18.2 Å². The van der Waals surface area contributed by atoms with E-state index in [1.807, 2.05) is 12.1 Å². The monoisotopic (exact) mass is 462 g/mol. The van der Waals surface area contributed by atoms with Crippen molar-refractivity contribution in [3.8, 4) is 11.1 Å². The van der Waals surface area contributed by atoms with Crippen LogP contribution in [0.2, 0.25) is 0 Å². The molecule has 1 aliphatic heterocycles. The third-order valence-corrected chi connectivity index (χ3v) is 6.72. The zero-order valence-corrected chi connectivity index (χ0v) is 19.9. The van der Waals surface area contributed by atoms with E-state index in [9.17, 15) is 13.6 Å². The molecule has 1 fully saturated rings. The number of nitrogens with one attached hydrogen (secondary N) is 1. The lowest BCUT2D eigenvalue weighted by molar-refractivity contribution is 0.0175. The normalized spacial score (nSPS) is 15.3. The number of hydrogen-bond donors (Lipinski definition) is 1. The molecule has 3 aromatic carbocycles. The summed E-state index contributed by atoms with van der Waals surface area (Å²) in [6.07, 6.45) is 3.35. The van der Waals surface area contributed by atoms with Gasteiger partial charge in [0.25, 0.3) is 11.8 Å². The van der Waals surface area contributed by atoms with Crippen molar-refractivity contribution in [2.75, 3.05) is 19.6 Å². The maximum absolute atomic E-state index is 13.4. The Morgan fingerprint density at radius 3 is 2.03 bits per heavy atom. The van der Waals surface area contributed by atoms with E-state index in [1.54, 1.807) is 24.3 Å². The van der Waals surface area contributed by atoms with Gasteiger partial charge in [0.2, 0.25) is 0 Å². The smallest absolute Gasteiger partial charge is 0.270 e. The molecule has 4 rings (SSSR count). The minimum atomic E-state index is -2.85. The van der Waals surface area contributed by atoms with Gasteiger partial charge in [-0.1, -0.05) is 60.7 Å². The van der Waals surface area contributed by atoms with E-state index < -0.39 is 5.92 Å². The maximum Gasteiger partial charge on any atom is 0.270 e. The molecule has 3 aromatic rings. The summed E-state index contributed by atoms with van der Waals surface area (Å²) in [5.41, 5.74) is 4.83. The Balaban J connectivity index is 1.28. The number of benzene rings is 3.